The number of rotatable bonds is 9. The van der Waals surface area contributed by atoms with Gasteiger partial charge in [0.25, 0.3) is 5.69 Å². The van der Waals surface area contributed by atoms with Gasteiger partial charge in [-0.15, -0.1) is 0 Å². The van der Waals surface area contributed by atoms with Gasteiger partial charge in [-0.25, -0.2) is 13.1 Å². The zero-order chi connectivity index (χ0) is 23.3. The molecule has 0 aromatic heterocycles. The maximum atomic E-state index is 12.9. The number of nitro groups is 1. The molecule has 3 aromatic rings. The Hall–Kier alpha value is -3.34. The Bertz CT molecular complexity index is 1250. The van der Waals surface area contributed by atoms with Crippen molar-refractivity contribution in [2.75, 3.05) is 14.2 Å². The van der Waals surface area contributed by atoms with Crippen LogP contribution in [0.15, 0.2) is 65.6 Å². The van der Waals surface area contributed by atoms with Gasteiger partial charge in [0.1, 0.15) is 23.0 Å². The van der Waals surface area contributed by atoms with E-state index in [0.717, 1.165) is 12.1 Å². The van der Waals surface area contributed by atoms with Crippen LogP contribution in [0.3, 0.4) is 0 Å². The van der Waals surface area contributed by atoms with E-state index in [1.54, 1.807) is 36.4 Å². The van der Waals surface area contributed by atoms with Crippen LogP contribution in [0.2, 0.25) is 5.02 Å². The predicted octanol–water partition coefficient (Wildman–Crippen LogP) is 4.54. The fourth-order valence-corrected chi connectivity index (χ4v) is 4.04. The van der Waals surface area contributed by atoms with Crippen LogP contribution in [0.5, 0.6) is 23.0 Å². The van der Waals surface area contributed by atoms with Crippen molar-refractivity contribution in [3.63, 3.8) is 0 Å². The quantitative estimate of drug-likeness (QED) is 0.354. The molecule has 3 rings (SSSR count). The van der Waals surface area contributed by atoms with Crippen molar-refractivity contribution in [3.05, 3.63) is 81.4 Å². The molecule has 3 aromatic carbocycles. The van der Waals surface area contributed by atoms with Crippen LogP contribution in [-0.2, 0) is 16.6 Å². The Morgan fingerprint density at radius 3 is 2.41 bits per heavy atom. The summed E-state index contributed by atoms with van der Waals surface area (Å²) in [6.07, 6.45) is 0. The molecule has 0 spiro atoms. The van der Waals surface area contributed by atoms with E-state index >= 15 is 0 Å². The molecule has 0 unspecified atom stereocenters. The number of nitrogens with one attached hydrogen (secondary N) is 1. The molecule has 0 saturated heterocycles. The van der Waals surface area contributed by atoms with Crippen molar-refractivity contribution in [1.29, 1.82) is 0 Å². The van der Waals surface area contributed by atoms with E-state index in [-0.39, 0.29) is 17.2 Å². The Balaban J connectivity index is 1.89. The van der Waals surface area contributed by atoms with Crippen LogP contribution < -0.4 is 18.9 Å². The van der Waals surface area contributed by atoms with Gasteiger partial charge in [-0.3, -0.25) is 10.1 Å². The fraction of sp³-hybridized carbons (Fsp3) is 0.143. The summed E-state index contributed by atoms with van der Waals surface area (Å²) in [6, 6.07) is 14.6. The number of ether oxygens (including phenoxy) is 3. The average Bonchev–Trinajstić information content (AvgIpc) is 2.77. The molecule has 9 nitrogen and oxygen atoms in total. The molecular weight excluding hydrogens is 460 g/mol. The van der Waals surface area contributed by atoms with Crippen LogP contribution in [0, 0.1) is 10.1 Å². The lowest BCUT2D eigenvalue weighted by molar-refractivity contribution is -0.385. The SMILES string of the molecule is COc1ccc(CNS(=O)(=O)c2cc(Oc3cccc(Cl)c3)cc([N+](=O)[O-])c2)c(OC)c1. The van der Waals surface area contributed by atoms with Crippen LogP contribution in [0.25, 0.3) is 0 Å². The number of non-ortho nitro benzene ring substituents is 1. The van der Waals surface area contributed by atoms with E-state index in [1.165, 1.54) is 26.4 Å². The van der Waals surface area contributed by atoms with Crippen LogP contribution in [0.1, 0.15) is 5.56 Å². The summed E-state index contributed by atoms with van der Waals surface area (Å²) >= 11 is 5.93. The molecule has 1 N–H and O–H groups in total. The molecule has 0 saturated carbocycles. The number of sulfonamides is 1. The summed E-state index contributed by atoms with van der Waals surface area (Å²) in [5, 5.41) is 11.7. The third-order valence-electron chi connectivity index (χ3n) is 4.36. The monoisotopic (exact) mass is 478 g/mol. The van der Waals surface area contributed by atoms with Crippen molar-refractivity contribution in [2.45, 2.75) is 11.4 Å². The summed E-state index contributed by atoms with van der Waals surface area (Å²) in [4.78, 5) is 10.3. The largest absolute Gasteiger partial charge is 0.497 e. The lowest BCUT2D eigenvalue weighted by atomic mass is 10.2. The van der Waals surface area contributed by atoms with Crippen LogP contribution in [0.4, 0.5) is 5.69 Å². The Kier molecular flexibility index (Phi) is 7.18. The fourth-order valence-electron chi connectivity index (χ4n) is 2.80. The normalized spacial score (nSPS) is 11.1. The summed E-state index contributed by atoms with van der Waals surface area (Å²) in [5.41, 5.74) is 0.115. The molecule has 0 amide bonds. The first-order chi connectivity index (χ1) is 15.2. The highest BCUT2D eigenvalue weighted by atomic mass is 35.5. The zero-order valence-electron chi connectivity index (χ0n) is 17.1. The molecule has 0 aliphatic rings. The van der Waals surface area contributed by atoms with Crippen LogP contribution >= 0.6 is 11.6 Å². The van der Waals surface area contributed by atoms with E-state index in [4.69, 9.17) is 25.8 Å². The molecule has 0 radical (unpaired) electrons. The highest BCUT2D eigenvalue weighted by Crippen LogP contribution is 2.31. The molecule has 0 aliphatic carbocycles. The Morgan fingerprint density at radius 2 is 1.75 bits per heavy atom. The average molecular weight is 479 g/mol. The van der Waals surface area contributed by atoms with Gasteiger partial charge in [0.2, 0.25) is 10.0 Å². The summed E-state index contributed by atoms with van der Waals surface area (Å²) in [5.74, 6) is 1.26. The third-order valence-corrected chi connectivity index (χ3v) is 5.98. The van der Waals surface area contributed by atoms with E-state index in [1.807, 2.05) is 0 Å². The molecule has 32 heavy (non-hydrogen) atoms. The van der Waals surface area contributed by atoms with Gasteiger partial charge in [0.15, 0.2) is 0 Å². The summed E-state index contributed by atoms with van der Waals surface area (Å²) in [6.45, 7) is -0.108. The van der Waals surface area contributed by atoms with Crippen molar-refractivity contribution in [3.8, 4) is 23.0 Å². The first-order valence-corrected chi connectivity index (χ1v) is 11.0. The highest BCUT2D eigenvalue weighted by Gasteiger charge is 2.21. The first-order valence-electron chi connectivity index (χ1n) is 9.15. The molecule has 11 heteroatoms. The summed E-state index contributed by atoms with van der Waals surface area (Å²) < 4.78 is 44.2. The van der Waals surface area contributed by atoms with Gasteiger partial charge in [-0.05, 0) is 24.3 Å². The number of nitro benzene ring substituents is 1. The molecule has 0 bridgehead atoms. The number of halogens is 1. The molecule has 0 fully saturated rings. The zero-order valence-corrected chi connectivity index (χ0v) is 18.6. The maximum Gasteiger partial charge on any atom is 0.274 e. The Labute approximate surface area is 189 Å². The molecule has 0 aliphatic heterocycles. The second-order valence-electron chi connectivity index (χ2n) is 6.48. The second kappa shape index (κ2) is 9.86. The van der Waals surface area contributed by atoms with Crippen molar-refractivity contribution in [1.82, 2.24) is 4.72 Å². The number of methoxy groups -OCH3 is 2. The first kappa shape index (κ1) is 23.3. The summed E-state index contributed by atoms with van der Waals surface area (Å²) in [7, 11) is -1.17. The van der Waals surface area contributed by atoms with E-state index in [2.05, 4.69) is 4.72 Å². The lowest BCUT2D eigenvalue weighted by Crippen LogP contribution is -2.23. The highest BCUT2D eigenvalue weighted by molar-refractivity contribution is 7.89. The van der Waals surface area contributed by atoms with Gasteiger partial charge in [0.05, 0.1) is 30.1 Å². The molecule has 168 valence electrons. The maximum absolute atomic E-state index is 12.9. The molecular formula is C21H19ClN2O7S. The van der Waals surface area contributed by atoms with E-state index < -0.39 is 20.6 Å². The topological polar surface area (TPSA) is 117 Å². The standard InChI is InChI=1S/C21H19ClN2O7S/c1-29-17-7-6-14(21(12-17)30-2)13-23-32(27,28)20-10-16(24(25)26)9-19(11-20)31-18-5-3-4-15(22)8-18/h3-12,23H,13H2,1-2H3. The molecule has 0 heterocycles. The van der Waals surface area contributed by atoms with E-state index in [0.29, 0.717) is 27.8 Å². The van der Waals surface area contributed by atoms with Gasteiger partial charge in [-0.1, -0.05) is 23.7 Å². The third kappa shape index (κ3) is 5.67. The molecule has 0 atom stereocenters. The lowest BCUT2D eigenvalue weighted by Gasteiger charge is -2.13. The van der Waals surface area contributed by atoms with Gasteiger partial charge < -0.3 is 14.2 Å². The van der Waals surface area contributed by atoms with E-state index in [9.17, 15) is 18.5 Å². The van der Waals surface area contributed by atoms with Gasteiger partial charge >= 0.3 is 0 Å². The number of hydrogen-bond acceptors (Lipinski definition) is 7. The van der Waals surface area contributed by atoms with Crippen molar-refractivity contribution in [2.24, 2.45) is 0 Å². The van der Waals surface area contributed by atoms with Gasteiger partial charge in [-0.2, -0.15) is 0 Å². The van der Waals surface area contributed by atoms with Crippen molar-refractivity contribution < 1.29 is 27.6 Å². The predicted molar refractivity (Wildman–Crippen MR) is 118 cm³/mol. The number of nitrogens with zero attached hydrogens (tertiary/aromatic N) is 1. The minimum Gasteiger partial charge on any atom is -0.497 e. The van der Waals surface area contributed by atoms with Gasteiger partial charge in [0, 0.05) is 35.3 Å². The number of benzene rings is 3. The minimum atomic E-state index is -4.13. The van der Waals surface area contributed by atoms with Crippen molar-refractivity contribution >= 4 is 27.3 Å². The minimum absolute atomic E-state index is 0.0242. The number of hydrogen-bond donors (Lipinski definition) is 1. The Morgan fingerprint density at radius 1 is 0.969 bits per heavy atom. The second-order valence-corrected chi connectivity index (χ2v) is 8.68. The van der Waals surface area contributed by atoms with Crippen LogP contribution in [-0.4, -0.2) is 27.6 Å². The smallest absolute Gasteiger partial charge is 0.274 e.